The van der Waals surface area contributed by atoms with Crippen molar-refractivity contribution in [1.29, 1.82) is 5.41 Å². The molecule has 0 saturated carbocycles. The lowest BCUT2D eigenvalue weighted by Gasteiger charge is -2.43. The van der Waals surface area contributed by atoms with Crippen molar-refractivity contribution in [3.05, 3.63) is 71.3 Å². The fraction of sp³-hybridized carbons (Fsp3) is 0.238. The second-order valence-corrected chi connectivity index (χ2v) is 7.00. The number of carboxylic acids is 1. The molecule has 29 heavy (non-hydrogen) atoms. The molecule has 3 atom stereocenters. The highest BCUT2D eigenvalue weighted by Crippen LogP contribution is 2.31. The van der Waals surface area contributed by atoms with Gasteiger partial charge in [-0.1, -0.05) is 48.5 Å². The molecule has 2 aromatic carbocycles. The molecule has 0 aromatic heterocycles. The van der Waals surface area contributed by atoms with Gasteiger partial charge >= 0.3 is 12.0 Å². The number of β-lactam (4-membered cyclic amide) rings is 1. The van der Waals surface area contributed by atoms with Gasteiger partial charge < -0.3 is 16.2 Å². The summed E-state index contributed by atoms with van der Waals surface area (Å²) in [4.78, 5) is 37.7. The molecule has 0 aliphatic carbocycles. The van der Waals surface area contributed by atoms with Crippen molar-refractivity contribution in [3.63, 3.8) is 0 Å². The molecule has 2 aromatic rings. The minimum Gasteiger partial charge on any atom is -0.480 e. The van der Waals surface area contributed by atoms with E-state index in [2.05, 4.69) is 5.32 Å². The van der Waals surface area contributed by atoms with Crippen LogP contribution in [0.4, 0.5) is 4.79 Å². The summed E-state index contributed by atoms with van der Waals surface area (Å²) < 4.78 is 0. The van der Waals surface area contributed by atoms with E-state index in [0.29, 0.717) is 11.1 Å². The molecule has 0 spiro atoms. The van der Waals surface area contributed by atoms with Gasteiger partial charge in [0.25, 0.3) is 0 Å². The van der Waals surface area contributed by atoms with Crippen LogP contribution >= 0.6 is 0 Å². The molecule has 0 radical (unpaired) electrons. The van der Waals surface area contributed by atoms with Crippen molar-refractivity contribution < 1.29 is 19.5 Å². The van der Waals surface area contributed by atoms with Crippen LogP contribution in [0.15, 0.2) is 54.6 Å². The Balaban J connectivity index is 1.72. The number of likely N-dealkylation sites (tertiary alicyclic amines) is 1. The molecule has 0 unspecified atom stereocenters. The van der Waals surface area contributed by atoms with Crippen LogP contribution in [0, 0.1) is 11.3 Å². The van der Waals surface area contributed by atoms with Crippen LogP contribution in [-0.4, -0.2) is 39.8 Å². The van der Waals surface area contributed by atoms with E-state index in [4.69, 9.17) is 11.1 Å². The normalized spacial score (nSPS) is 19.2. The van der Waals surface area contributed by atoms with Gasteiger partial charge in [-0.25, -0.2) is 14.5 Å². The highest BCUT2D eigenvalue weighted by molar-refractivity contribution is 6.07. The van der Waals surface area contributed by atoms with E-state index in [9.17, 15) is 19.5 Å². The number of imide groups is 1. The zero-order valence-corrected chi connectivity index (χ0v) is 15.8. The summed E-state index contributed by atoms with van der Waals surface area (Å²) in [6.07, 6.45) is 0.148. The predicted octanol–water partition coefficient (Wildman–Crippen LogP) is 1.90. The molecule has 3 rings (SSSR count). The fourth-order valence-corrected chi connectivity index (χ4v) is 3.46. The largest absolute Gasteiger partial charge is 0.480 e. The number of benzene rings is 2. The van der Waals surface area contributed by atoms with E-state index < -0.39 is 29.9 Å². The fourth-order valence-electron chi connectivity index (χ4n) is 3.46. The Morgan fingerprint density at radius 3 is 2.52 bits per heavy atom. The number of nitrogens with two attached hydrogens (primary N) is 1. The summed E-state index contributed by atoms with van der Waals surface area (Å²) in [5.74, 6) is -2.74. The maximum atomic E-state index is 12.6. The van der Waals surface area contributed by atoms with Crippen LogP contribution in [0.5, 0.6) is 0 Å². The quantitative estimate of drug-likeness (QED) is 0.337. The first kappa shape index (κ1) is 20.1. The second kappa shape index (κ2) is 8.14. The first-order valence-electron chi connectivity index (χ1n) is 9.14. The Morgan fingerprint density at radius 2 is 1.90 bits per heavy atom. The molecule has 8 nitrogen and oxygen atoms in total. The number of urea groups is 1. The maximum Gasteiger partial charge on any atom is 0.327 e. The third-order valence-corrected chi connectivity index (χ3v) is 5.02. The van der Waals surface area contributed by atoms with Crippen molar-refractivity contribution in [1.82, 2.24) is 10.2 Å². The first-order valence-corrected chi connectivity index (χ1v) is 9.14. The third-order valence-electron chi connectivity index (χ3n) is 5.02. The van der Waals surface area contributed by atoms with Crippen molar-refractivity contribution in [3.8, 4) is 0 Å². The standard InChI is InChI=1S/C21H22N4O4/c1-12(14-7-3-2-4-8-14)24-21(29)25-17(20(27)28)16(19(25)26)11-13-6-5-9-15(10-13)18(22)23/h2-10,12,16-17H,11H2,1H3,(H3,22,23)(H,24,29)(H,27,28)/t12-,16-,17+/m1/s1. The number of carbonyl (C=O) groups excluding carboxylic acids is 2. The molecule has 1 aliphatic heterocycles. The second-order valence-electron chi connectivity index (χ2n) is 7.00. The van der Waals surface area contributed by atoms with Gasteiger partial charge in [0, 0.05) is 5.56 Å². The Morgan fingerprint density at radius 1 is 1.21 bits per heavy atom. The Kier molecular flexibility index (Phi) is 5.63. The number of amidine groups is 1. The number of carbonyl (C=O) groups is 3. The minimum absolute atomic E-state index is 0.113. The number of carboxylic acid groups (broad SMARTS) is 1. The molecule has 3 amide bonds. The zero-order valence-electron chi connectivity index (χ0n) is 15.8. The molecule has 150 valence electrons. The summed E-state index contributed by atoms with van der Waals surface area (Å²) in [7, 11) is 0. The van der Waals surface area contributed by atoms with E-state index in [1.54, 1.807) is 31.2 Å². The number of hydrogen-bond donors (Lipinski definition) is 4. The predicted molar refractivity (Wildman–Crippen MR) is 106 cm³/mol. The van der Waals surface area contributed by atoms with Crippen LogP contribution in [-0.2, 0) is 16.0 Å². The highest BCUT2D eigenvalue weighted by atomic mass is 16.4. The Hall–Kier alpha value is -3.68. The van der Waals surface area contributed by atoms with Crippen LogP contribution in [0.2, 0.25) is 0 Å². The van der Waals surface area contributed by atoms with Gasteiger partial charge in [0.15, 0.2) is 6.04 Å². The van der Waals surface area contributed by atoms with E-state index in [1.165, 1.54) is 0 Å². The Bertz CT molecular complexity index is 960. The SMILES string of the molecule is C[C@@H](NC(=O)N1C(=O)[C@H](Cc2cccc(C(=N)N)c2)[C@H]1C(=O)O)c1ccccc1. The molecule has 8 heteroatoms. The number of aliphatic carboxylic acids is 1. The number of nitrogen functional groups attached to an aromatic ring is 1. The van der Waals surface area contributed by atoms with Gasteiger partial charge in [-0.15, -0.1) is 0 Å². The molecular formula is C21H22N4O4. The topological polar surface area (TPSA) is 137 Å². The lowest BCUT2D eigenvalue weighted by molar-refractivity contribution is -0.165. The molecule has 1 aliphatic rings. The van der Waals surface area contributed by atoms with Crippen molar-refractivity contribution in [2.24, 2.45) is 11.7 Å². The summed E-state index contributed by atoms with van der Waals surface area (Å²) in [6, 6.07) is 13.6. The molecule has 0 bridgehead atoms. The third kappa shape index (κ3) is 4.11. The number of nitrogens with zero attached hydrogens (tertiary/aromatic N) is 1. The summed E-state index contributed by atoms with van der Waals surface area (Å²) in [5, 5.41) is 19.8. The molecule has 1 heterocycles. The van der Waals surface area contributed by atoms with Gasteiger partial charge in [0.2, 0.25) is 5.91 Å². The summed E-state index contributed by atoms with van der Waals surface area (Å²) in [5.41, 5.74) is 7.50. The Labute approximate surface area is 167 Å². The lowest BCUT2D eigenvalue weighted by Crippen LogP contribution is -2.68. The average molecular weight is 394 g/mol. The highest BCUT2D eigenvalue weighted by Gasteiger charge is 2.54. The van der Waals surface area contributed by atoms with E-state index in [0.717, 1.165) is 10.5 Å². The van der Waals surface area contributed by atoms with Gasteiger partial charge in [-0.3, -0.25) is 10.2 Å². The minimum atomic E-state index is -1.24. The zero-order chi connectivity index (χ0) is 21.1. The van der Waals surface area contributed by atoms with E-state index in [1.807, 2.05) is 30.3 Å². The molecule has 1 saturated heterocycles. The monoisotopic (exact) mass is 394 g/mol. The molecular weight excluding hydrogens is 372 g/mol. The first-order chi connectivity index (χ1) is 13.8. The average Bonchev–Trinajstić information content (AvgIpc) is 2.70. The van der Waals surface area contributed by atoms with E-state index in [-0.39, 0.29) is 18.3 Å². The number of amides is 3. The van der Waals surface area contributed by atoms with Gasteiger partial charge in [0.05, 0.1) is 12.0 Å². The smallest absolute Gasteiger partial charge is 0.327 e. The molecule has 1 fully saturated rings. The summed E-state index contributed by atoms with van der Waals surface area (Å²) in [6.45, 7) is 1.76. The maximum absolute atomic E-state index is 12.6. The van der Waals surface area contributed by atoms with Crippen molar-refractivity contribution in [2.45, 2.75) is 25.4 Å². The van der Waals surface area contributed by atoms with Crippen molar-refractivity contribution >= 4 is 23.7 Å². The van der Waals surface area contributed by atoms with Gasteiger partial charge in [0.1, 0.15) is 5.84 Å². The van der Waals surface area contributed by atoms with Crippen molar-refractivity contribution in [2.75, 3.05) is 0 Å². The lowest BCUT2D eigenvalue weighted by atomic mass is 9.82. The number of rotatable bonds is 6. The van der Waals surface area contributed by atoms with Gasteiger partial charge in [-0.2, -0.15) is 0 Å². The number of hydrogen-bond acceptors (Lipinski definition) is 4. The summed E-state index contributed by atoms with van der Waals surface area (Å²) >= 11 is 0. The number of nitrogens with one attached hydrogen (secondary N) is 2. The van der Waals surface area contributed by atoms with Crippen LogP contribution in [0.1, 0.15) is 29.7 Å². The molecule has 5 N–H and O–H groups in total. The van der Waals surface area contributed by atoms with Crippen LogP contribution in [0.25, 0.3) is 0 Å². The van der Waals surface area contributed by atoms with Crippen LogP contribution in [0.3, 0.4) is 0 Å². The van der Waals surface area contributed by atoms with E-state index >= 15 is 0 Å². The van der Waals surface area contributed by atoms with Crippen LogP contribution < -0.4 is 11.1 Å². The van der Waals surface area contributed by atoms with Gasteiger partial charge in [-0.05, 0) is 30.5 Å².